The summed E-state index contributed by atoms with van der Waals surface area (Å²) in [5.74, 6) is 0.515. The van der Waals surface area contributed by atoms with Crippen LogP contribution in [0.1, 0.15) is 32.3 Å². The van der Waals surface area contributed by atoms with Crippen molar-refractivity contribution in [1.82, 2.24) is 10.2 Å². The van der Waals surface area contributed by atoms with Crippen LogP contribution in [0, 0.1) is 0 Å². The Morgan fingerprint density at radius 2 is 1.73 bits per heavy atom. The molecule has 0 heterocycles. The zero-order valence-corrected chi connectivity index (χ0v) is 18.4. The molecule has 0 fully saturated rings. The number of nitrogens with zero attached hydrogens (tertiary/aromatic N) is 1. The van der Waals surface area contributed by atoms with Crippen molar-refractivity contribution in [2.75, 3.05) is 20.3 Å². The molecule has 0 spiro atoms. The van der Waals surface area contributed by atoms with E-state index in [-0.39, 0.29) is 25.0 Å². The predicted octanol–water partition coefficient (Wildman–Crippen LogP) is 4.06. The SMILES string of the molecule is CCCNC(=O)[C@H](CC)N(Cc1ccccc1Cl)C(=O)COc1ccccc1OC. The number of carbonyl (C=O) groups excluding carboxylic acids is 2. The minimum atomic E-state index is -0.624. The van der Waals surface area contributed by atoms with E-state index in [2.05, 4.69) is 5.32 Å². The van der Waals surface area contributed by atoms with Crippen molar-refractivity contribution in [2.45, 2.75) is 39.3 Å². The van der Waals surface area contributed by atoms with Gasteiger partial charge < -0.3 is 19.7 Å². The van der Waals surface area contributed by atoms with Crippen LogP contribution in [0.3, 0.4) is 0 Å². The Morgan fingerprint density at radius 3 is 2.37 bits per heavy atom. The van der Waals surface area contributed by atoms with Gasteiger partial charge in [0.2, 0.25) is 5.91 Å². The van der Waals surface area contributed by atoms with Crippen molar-refractivity contribution in [2.24, 2.45) is 0 Å². The molecule has 2 rings (SSSR count). The quantitative estimate of drug-likeness (QED) is 0.581. The average Bonchev–Trinajstić information content (AvgIpc) is 2.77. The molecule has 0 aliphatic rings. The van der Waals surface area contributed by atoms with Crippen molar-refractivity contribution in [3.63, 3.8) is 0 Å². The van der Waals surface area contributed by atoms with Gasteiger partial charge in [-0.25, -0.2) is 0 Å². The summed E-state index contributed by atoms with van der Waals surface area (Å²) in [4.78, 5) is 27.4. The van der Waals surface area contributed by atoms with Crippen molar-refractivity contribution >= 4 is 23.4 Å². The summed E-state index contributed by atoms with van der Waals surface area (Å²) in [6.45, 7) is 4.41. The second-order valence-electron chi connectivity index (χ2n) is 6.77. The zero-order chi connectivity index (χ0) is 21.9. The van der Waals surface area contributed by atoms with Crippen molar-refractivity contribution in [1.29, 1.82) is 0 Å². The van der Waals surface area contributed by atoms with Crippen LogP contribution < -0.4 is 14.8 Å². The third-order valence-corrected chi connectivity index (χ3v) is 5.02. The fourth-order valence-electron chi connectivity index (χ4n) is 3.06. The molecule has 2 aromatic carbocycles. The monoisotopic (exact) mass is 432 g/mol. The van der Waals surface area contributed by atoms with Crippen molar-refractivity contribution < 1.29 is 19.1 Å². The van der Waals surface area contributed by atoms with Gasteiger partial charge in [0.1, 0.15) is 6.04 Å². The fourth-order valence-corrected chi connectivity index (χ4v) is 3.25. The summed E-state index contributed by atoms with van der Waals surface area (Å²) in [5, 5.41) is 3.43. The van der Waals surface area contributed by atoms with Gasteiger partial charge in [-0.3, -0.25) is 9.59 Å². The van der Waals surface area contributed by atoms with E-state index in [9.17, 15) is 9.59 Å². The molecular formula is C23H29ClN2O4. The van der Waals surface area contributed by atoms with Gasteiger partial charge in [0.25, 0.3) is 5.91 Å². The largest absolute Gasteiger partial charge is 0.493 e. The van der Waals surface area contributed by atoms with Crippen LogP contribution in [0.25, 0.3) is 0 Å². The van der Waals surface area contributed by atoms with E-state index < -0.39 is 6.04 Å². The highest BCUT2D eigenvalue weighted by molar-refractivity contribution is 6.31. The first-order chi connectivity index (χ1) is 14.5. The van der Waals surface area contributed by atoms with Crippen LogP contribution in [-0.4, -0.2) is 43.0 Å². The number of amides is 2. The summed E-state index contributed by atoms with van der Waals surface area (Å²) in [6.07, 6.45) is 1.29. The number of ether oxygens (including phenoxy) is 2. The van der Waals surface area contributed by atoms with Gasteiger partial charge in [-0.1, -0.05) is 55.8 Å². The highest BCUT2D eigenvalue weighted by Gasteiger charge is 2.29. The molecule has 1 atom stereocenters. The van der Waals surface area contributed by atoms with Crippen LogP contribution in [0.2, 0.25) is 5.02 Å². The van der Waals surface area contributed by atoms with Crippen molar-refractivity contribution in [3.05, 3.63) is 59.1 Å². The number of methoxy groups -OCH3 is 1. The molecule has 0 saturated carbocycles. The summed E-state index contributed by atoms with van der Waals surface area (Å²) < 4.78 is 11.0. The molecule has 0 radical (unpaired) electrons. The first-order valence-corrected chi connectivity index (χ1v) is 10.5. The number of nitrogens with one attached hydrogen (secondary N) is 1. The van der Waals surface area contributed by atoms with Crippen LogP contribution in [-0.2, 0) is 16.1 Å². The van der Waals surface area contributed by atoms with Crippen molar-refractivity contribution in [3.8, 4) is 11.5 Å². The van der Waals surface area contributed by atoms with Gasteiger partial charge >= 0.3 is 0 Å². The van der Waals surface area contributed by atoms with Crippen LogP contribution in [0.5, 0.6) is 11.5 Å². The standard InChI is InChI=1S/C23H29ClN2O4/c1-4-14-25-23(28)19(5-2)26(15-17-10-6-7-11-18(17)24)22(27)16-30-21-13-9-8-12-20(21)29-3/h6-13,19H,4-5,14-16H2,1-3H3,(H,25,28)/t19-/m0/s1. The minimum absolute atomic E-state index is 0.183. The molecule has 0 aromatic heterocycles. The molecule has 162 valence electrons. The van der Waals surface area contributed by atoms with E-state index >= 15 is 0 Å². The third kappa shape index (κ3) is 6.39. The highest BCUT2D eigenvalue weighted by atomic mass is 35.5. The maximum Gasteiger partial charge on any atom is 0.261 e. The number of halogens is 1. The van der Waals surface area contributed by atoms with E-state index in [4.69, 9.17) is 21.1 Å². The molecule has 7 heteroatoms. The van der Waals surface area contributed by atoms with Gasteiger partial charge in [-0.2, -0.15) is 0 Å². The number of benzene rings is 2. The Labute approximate surface area is 183 Å². The number of hydrogen-bond donors (Lipinski definition) is 1. The lowest BCUT2D eigenvalue weighted by atomic mass is 10.1. The summed E-state index contributed by atoms with van der Waals surface area (Å²) in [5.41, 5.74) is 0.770. The molecule has 0 unspecified atom stereocenters. The first-order valence-electron chi connectivity index (χ1n) is 10.1. The Morgan fingerprint density at radius 1 is 1.07 bits per heavy atom. The number of carbonyl (C=O) groups is 2. The maximum absolute atomic E-state index is 13.1. The lowest BCUT2D eigenvalue weighted by molar-refractivity contribution is -0.143. The number of rotatable bonds is 11. The lowest BCUT2D eigenvalue weighted by Gasteiger charge is -2.31. The summed E-state index contributed by atoms with van der Waals surface area (Å²) >= 11 is 6.31. The lowest BCUT2D eigenvalue weighted by Crippen LogP contribution is -2.50. The first kappa shape index (κ1) is 23.5. The molecule has 0 saturated heterocycles. The molecule has 6 nitrogen and oxygen atoms in total. The number of hydrogen-bond acceptors (Lipinski definition) is 4. The van der Waals surface area contributed by atoms with Gasteiger partial charge in [-0.15, -0.1) is 0 Å². The molecule has 0 bridgehead atoms. The average molecular weight is 433 g/mol. The van der Waals surface area contributed by atoms with E-state index in [1.807, 2.05) is 38.1 Å². The van der Waals surface area contributed by atoms with Crippen LogP contribution >= 0.6 is 11.6 Å². The Balaban J connectivity index is 2.23. The molecule has 30 heavy (non-hydrogen) atoms. The predicted molar refractivity (Wildman–Crippen MR) is 118 cm³/mol. The number of para-hydroxylation sites is 2. The second-order valence-corrected chi connectivity index (χ2v) is 7.17. The molecule has 2 amide bonds. The Kier molecular flexibility index (Phi) is 9.48. The second kappa shape index (κ2) is 12.1. The Hall–Kier alpha value is -2.73. The van der Waals surface area contributed by atoms with E-state index in [0.29, 0.717) is 29.5 Å². The van der Waals surface area contributed by atoms with Gasteiger partial charge in [0.05, 0.1) is 7.11 Å². The van der Waals surface area contributed by atoms with Gasteiger partial charge in [-0.05, 0) is 36.6 Å². The maximum atomic E-state index is 13.1. The van der Waals surface area contributed by atoms with Crippen LogP contribution in [0.4, 0.5) is 0 Å². The summed E-state index contributed by atoms with van der Waals surface area (Å²) in [7, 11) is 1.54. The molecule has 1 N–H and O–H groups in total. The molecule has 2 aromatic rings. The normalized spacial score (nSPS) is 11.5. The van der Waals surface area contributed by atoms with E-state index in [1.54, 1.807) is 31.4 Å². The van der Waals surface area contributed by atoms with E-state index in [0.717, 1.165) is 12.0 Å². The topological polar surface area (TPSA) is 67.9 Å². The smallest absolute Gasteiger partial charge is 0.261 e. The third-order valence-electron chi connectivity index (χ3n) is 4.65. The summed E-state index contributed by atoms with van der Waals surface area (Å²) in [6, 6.07) is 13.8. The Bertz CT molecular complexity index is 843. The van der Waals surface area contributed by atoms with Crippen LogP contribution in [0.15, 0.2) is 48.5 Å². The fraction of sp³-hybridized carbons (Fsp3) is 0.391. The molecule has 0 aliphatic carbocycles. The molecule has 0 aliphatic heterocycles. The molecular weight excluding hydrogens is 404 g/mol. The van der Waals surface area contributed by atoms with Gasteiger partial charge in [0.15, 0.2) is 18.1 Å². The zero-order valence-electron chi connectivity index (χ0n) is 17.7. The van der Waals surface area contributed by atoms with Gasteiger partial charge in [0, 0.05) is 18.1 Å². The highest BCUT2D eigenvalue weighted by Crippen LogP contribution is 2.26. The van der Waals surface area contributed by atoms with E-state index in [1.165, 1.54) is 4.90 Å². The minimum Gasteiger partial charge on any atom is -0.493 e.